The monoisotopic (exact) mass is 449 g/mol. The maximum Gasteiger partial charge on any atom is 0.452 e. The Labute approximate surface area is 185 Å². The maximum atomic E-state index is 13.1. The van der Waals surface area contributed by atoms with Gasteiger partial charge in [0.25, 0.3) is 5.91 Å². The highest BCUT2D eigenvalue weighted by Gasteiger charge is 2.26. The lowest BCUT2D eigenvalue weighted by atomic mass is 10.2. The van der Waals surface area contributed by atoms with Gasteiger partial charge in [0.15, 0.2) is 6.04 Å². The molecule has 0 spiro atoms. The van der Waals surface area contributed by atoms with Crippen LogP contribution in [0.2, 0.25) is 0 Å². The second kappa shape index (κ2) is 10.6. The number of thioether (sulfide) groups is 1. The molecule has 2 rings (SSSR count). The Kier molecular flexibility index (Phi) is 8.48. The van der Waals surface area contributed by atoms with Gasteiger partial charge in [0.2, 0.25) is 0 Å². The zero-order valence-corrected chi connectivity index (χ0v) is 19.7. The number of pyridine rings is 1. The Morgan fingerprint density at radius 2 is 2.10 bits per heavy atom. The molecular weight excluding hydrogens is 422 g/mol. The summed E-state index contributed by atoms with van der Waals surface area (Å²) in [6.07, 6.45) is 5.04. The highest BCUT2D eigenvalue weighted by Crippen LogP contribution is 2.34. The minimum atomic E-state index is -0.806. The highest BCUT2D eigenvalue weighted by molar-refractivity contribution is 7.98. The van der Waals surface area contributed by atoms with Gasteiger partial charge in [-0.05, 0) is 58.3 Å². The van der Waals surface area contributed by atoms with Gasteiger partial charge in [-0.3, -0.25) is 9.78 Å². The third-order valence-electron chi connectivity index (χ3n) is 3.87. The fraction of sp³-hybridized carbons (Fsp3) is 0.500. The SMILES string of the molecule is CSCCC(N=NC(=O)OC(C)(C)C)C(=O)N(C)c1sc(-c2cccnc2)nc1C. The number of aromatic nitrogens is 2. The van der Waals surface area contributed by atoms with E-state index < -0.39 is 17.7 Å². The number of aryl methyl sites for hydroxylation is 1. The number of azo groups is 1. The van der Waals surface area contributed by atoms with Gasteiger partial charge in [0, 0.05) is 25.0 Å². The van der Waals surface area contributed by atoms with Crippen molar-refractivity contribution in [1.29, 1.82) is 0 Å². The average Bonchev–Trinajstić information content (AvgIpc) is 3.08. The average molecular weight is 450 g/mol. The van der Waals surface area contributed by atoms with Gasteiger partial charge in [-0.15, -0.1) is 0 Å². The molecule has 10 heteroatoms. The number of thiazole rings is 1. The minimum Gasteiger partial charge on any atom is -0.441 e. The van der Waals surface area contributed by atoms with E-state index in [-0.39, 0.29) is 5.91 Å². The number of rotatable bonds is 7. The van der Waals surface area contributed by atoms with Gasteiger partial charge < -0.3 is 9.64 Å². The summed E-state index contributed by atoms with van der Waals surface area (Å²) in [5.41, 5.74) is 0.956. The van der Waals surface area contributed by atoms with Crippen LogP contribution < -0.4 is 4.90 Å². The Bertz CT molecular complexity index is 894. The number of amides is 2. The molecule has 0 aromatic carbocycles. The number of hydrogen-bond donors (Lipinski definition) is 0. The van der Waals surface area contributed by atoms with E-state index >= 15 is 0 Å². The molecule has 0 saturated carbocycles. The quantitative estimate of drug-likeness (QED) is 0.553. The minimum absolute atomic E-state index is 0.249. The van der Waals surface area contributed by atoms with Gasteiger partial charge in [0.1, 0.15) is 15.6 Å². The van der Waals surface area contributed by atoms with Crippen molar-refractivity contribution in [1.82, 2.24) is 9.97 Å². The molecule has 2 aromatic rings. The Balaban J connectivity index is 2.21. The fourth-order valence-corrected chi connectivity index (χ4v) is 3.98. The molecule has 0 aliphatic heterocycles. The van der Waals surface area contributed by atoms with E-state index in [4.69, 9.17) is 4.74 Å². The highest BCUT2D eigenvalue weighted by atomic mass is 32.2. The summed E-state index contributed by atoms with van der Waals surface area (Å²) in [5, 5.41) is 9.13. The van der Waals surface area contributed by atoms with E-state index in [1.807, 2.05) is 25.3 Å². The molecule has 0 radical (unpaired) electrons. The summed E-state index contributed by atoms with van der Waals surface area (Å²) in [7, 11) is 1.69. The van der Waals surface area contributed by atoms with E-state index in [0.717, 1.165) is 21.3 Å². The van der Waals surface area contributed by atoms with Crippen LogP contribution in [0.15, 0.2) is 34.8 Å². The van der Waals surface area contributed by atoms with Gasteiger partial charge >= 0.3 is 6.09 Å². The Morgan fingerprint density at radius 1 is 1.37 bits per heavy atom. The smallest absolute Gasteiger partial charge is 0.441 e. The number of likely N-dealkylation sites (N-methyl/N-ethyl adjacent to an activating group) is 1. The van der Waals surface area contributed by atoms with Crippen molar-refractivity contribution >= 4 is 40.1 Å². The first kappa shape index (κ1) is 23.9. The van der Waals surface area contributed by atoms with Crippen molar-refractivity contribution in [3.8, 4) is 10.6 Å². The molecule has 162 valence electrons. The van der Waals surface area contributed by atoms with Crippen molar-refractivity contribution in [2.75, 3.05) is 24.0 Å². The van der Waals surface area contributed by atoms with Crippen molar-refractivity contribution in [3.05, 3.63) is 30.2 Å². The number of ether oxygens (including phenoxy) is 1. The normalized spacial score (nSPS) is 12.7. The van der Waals surface area contributed by atoms with Crippen molar-refractivity contribution in [3.63, 3.8) is 0 Å². The lowest BCUT2D eigenvalue weighted by Gasteiger charge is -2.20. The van der Waals surface area contributed by atoms with Crippen molar-refractivity contribution in [2.24, 2.45) is 10.2 Å². The molecule has 1 atom stereocenters. The molecule has 2 aromatic heterocycles. The van der Waals surface area contributed by atoms with Crippen LogP contribution in [0.5, 0.6) is 0 Å². The zero-order chi connectivity index (χ0) is 22.3. The number of nitrogens with zero attached hydrogens (tertiary/aromatic N) is 5. The molecular formula is C20H27N5O3S2. The molecule has 0 aliphatic carbocycles. The predicted octanol–water partition coefficient (Wildman–Crippen LogP) is 4.99. The fourth-order valence-electron chi connectivity index (χ4n) is 2.50. The van der Waals surface area contributed by atoms with Crippen LogP contribution in [-0.2, 0) is 9.53 Å². The van der Waals surface area contributed by atoms with Gasteiger partial charge in [0.05, 0.1) is 5.69 Å². The van der Waals surface area contributed by atoms with Crippen LogP contribution in [-0.4, -0.2) is 52.7 Å². The van der Waals surface area contributed by atoms with Gasteiger partial charge in [-0.1, -0.05) is 16.5 Å². The number of hydrogen-bond acceptors (Lipinski definition) is 8. The molecule has 0 aliphatic rings. The maximum absolute atomic E-state index is 13.1. The summed E-state index contributed by atoms with van der Waals surface area (Å²) in [5.74, 6) is 0.459. The Hall–Kier alpha value is -2.33. The second-order valence-electron chi connectivity index (χ2n) is 7.54. The van der Waals surface area contributed by atoms with E-state index in [9.17, 15) is 9.59 Å². The lowest BCUT2D eigenvalue weighted by molar-refractivity contribution is -0.119. The molecule has 2 amide bonds. The molecule has 1 unspecified atom stereocenters. The largest absolute Gasteiger partial charge is 0.452 e. The standard InChI is InChI=1S/C20H27N5O3S2/c1-13-18(30-16(22-13)14-8-7-10-21-12-14)25(5)17(26)15(9-11-29-6)23-24-19(27)28-20(2,3)4/h7-8,10,12,15H,9,11H2,1-6H3. The molecule has 8 nitrogen and oxygen atoms in total. The van der Waals surface area contributed by atoms with Crippen LogP contribution in [0, 0.1) is 6.92 Å². The van der Waals surface area contributed by atoms with Crippen molar-refractivity contribution < 1.29 is 14.3 Å². The number of anilines is 1. The third kappa shape index (κ3) is 6.88. The zero-order valence-electron chi connectivity index (χ0n) is 18.1. The Morgan fingerprint density at radius 3 is 2.70 bits per heavy atom. The number of carbonyl (C=O) groups is 2. The molecule has 30 heavy (non-hydrogen) atoms. The lowest BCUT2D eigenvalue weighted by Crippen LogP contribution is -2.35. The van der Waals surface area contributed by atoms with Crippen LogP contribution in [0.4, 0.5) is 9.80 Å². The van der Waals surface area contributed by atoms with Crippen LogP contribution in [0.3, 0.4) is 0 Å². The molecule has 0 N–H and O–H groups in total. The van der Waals surface area contributed by atoms with Gasteiger partial charge in [-0.2, -0.15) is 16.9 Å². The van der Waals surface area contributed by atoms with E-state index in [0.29, 0.717) is 12.2 Å². The first-order chi connectivity index (χ1) is 14.1. The summed E-state index contributed by atoms with van der Waals surface area (Å²) in [6, 6.07) is 2.99. The van der Waals surface area contributed by atoms with Gasteiger partial charge in [-0.25, -0.2) is 9.78 Å². The van der Waals surface area contributed by atoms with Crippen LogP contribution in [0.25, 0.3) is 10.6 Å². The molecule has 0 bridgehead atoms. The molecule has 2 heterocycles. The summed E-state index contributed by atoms with van der Waals surface area (Å²) >= 11 is 3.01. The van der Waals surface area contributed by atoms with Crippen LogP contribution >= 0.6 is 23.1 Å². The summed E-state index contributed by atoms with van der Waals surface area (Å²) < 4.78 is 5.15. The molecule has 0 fully saturated rings. The second-order valence-corrected chi connectivity index (χ2v) is 9.50. The van der Waals surface area contributed by atoms with Crippen molar-refractivity contribution in [2.45, 2.75) is 45.8 Å². The van der Waals surface area contributed by atoms with E-state index in [2.05, 4.69) is 20.2 Å². The first-order valence-electron chi connectivity index (χ1n) is 9.40. The van der Waals surface area contributed by atoms with E-state index in [1.165, 1.54) is 16.2 Å². The van der Waals surface area contributed by atoms with E-state index in [1.54, 1.807) is 52.0 Å². The first-order valence-corrected chi connectivity index (χ1v) is 11.6. The summed E-state index contributed by atoms with van der Waals surface area (Å²) in [6.45, 7) is 7.10. The van der Waals surface area contributed by atoms with Crippen LogP contribution in [0.1, 0.15) is 32.9 Å². The summed E-state index contributed by atoms with van der Waals surface area (Å²) in [4.78, 5) is 35.2. The number of carbonyl (C=O) groups excluding carboxylic acids is 2. The molecule has 0 saturated heterocycles. The predicted molar refractivity (Wildman–Crippen MR) is 121 cm³/mol. The third-order valence-corrected chi connectivity index (χ3v) is 5.80. The topological polar surface area (TPSA) is 97.1 Å².